The maximum absolute atomic E-state index is 5.75. The molecule has 0 aliphatic rings. The number of aromatic nitrogens is 3. The van der Waals surface area contributed by atoms with Crippen LogP contribution < -0.4 is 15.8 Å². The number of aryl methyl sites for hydroxylation is 1. The SMILES string of the molecule is COc1cc(NCCCn2ccnn2)ccc1N. The number of methoxy groups -OCH3 is 1. The Morgan fingerprint density at radius 1 is 1.44 bits per heavy atom. The Balaban J connectivity index is 1.79. The zero-order valence-electron chi connectivity index (χ0n) is 10.3. The Bertz CT molecular complexity index is 483. The Labute approximate surface area is 106 Å². The minimum absolute atomic E-state index is 0.644. The van der Waals surface area contributed by atoms with Crippen LogP contribution >= 0.6 is 0 Å². The number of nitrogens with one attached hydrogen (secondary N) is 1. The van der Waals surface area contributed by atoms with Crippen LogP contribution in [0.3, 0.4) is 0 Å². The lowest BCUT2D eigenvalue weighted by Crippen LogP contribution is -2.07. The van der Waals surface area contributed by atoms with E-state index in [1.165, 1.54) is 0 Å². The maximum Gasteiger partial charge on any atom is 0.143 e. The van der Waals surface area contributed by atoms with Gasteiger partial charge in [0.25, 0.3) is 0 Å². The van der Waals surface area contributed by atoms with Crippen molar-refractivity contribution in [2.45, 2.75) is 13.0 Å². The summed E-state index contributed by atoms with van der Waals surface area (Å²) in [5.74, 6) is 0.691. The Morgan fingerprint density at radius 3 is 3.06 bits per heavy atom. The van der Waals surface area contributed by atoms with E-state index in [1.807, 2.05) is 29.1 Å². The normalized spacial score (nSPS) is 10.3. The van der Waals surface area contributed by atoms with Crippen LogP contribution in [0.4, 0.5) is 11.4 Å². The first-order valence-electron chi connectivity index (χ1n) is 5.81. The lowest BCUT2D eigenvalue weighted by molar-refractivity contribution is 0.417. The summed E-state index contributed by atoms with van der Waals surface area (Å²) in [4.78, 5) is 0. The molecule has 6 nitrogen and oxygen atoms in total. The van der Waals surface area contributed by atoms with Crippen LogP contribution in [0.25, 0.3) is 0 Å². The standard InChI is InChI=1S/C12H17N5O/c1-18-12-9-10(3-4-11(12)13)14-5-2-7-17-8-6-15-16-17/h3-4,6,8-9,14H,2,5,7,13H2,1H3. The first kappa shape index (κ1) is 12.2. The van der Waals surface area contributed by atoms with Crippen molar-refractivity contribution in [1.82, 2.24) is 15.0 Å². The molecule has 0 amide bonds. The Kier molecular flexibility index (Phi) is 4.01. The van der Waals surface area contributed by atoms with Gasteiger partial charge in [-0.1, -0.05) is 5.21 Å². The van der Waals surface area contributed by atoms with Crippen molar-refractivity contribution in [2.24, 2.45) is 0 Å². The van der Waals surface area contributed by atoms with Gasteiger partial charge in [0.1, 0.15) is 5.75 Å². The van der Waals surface area contributed by atoms with Crippen molar-refractivity contribution in [3.8, 4) is 5.75 Å². The summed E-state index contributed by atoms with van der Waals surface area (Å²) in [5.41, 5.74) is 7.39. The summed E-state index contributed by atoms with van der Waals surface area (Å²) in [7, 11) is 1.61. The van der Waals surface area contributed by atoms with Crippen LogP contribution in [0.15, 0.2) is 30.6 Å². The molecule has 0 bridgehead atoms. The number of nitrogens with two attached hydrogens (primary N) is 1. The smallest absolute Gasteiger partial charge is 0.143 e. The largest absolute Gasteiger partial charge is 0.495 e. The molecular weight excluding hydrogens is 230 g/mol. The van der Waals surface area contributed by atoms with Gasteiger partial charge < -0.3 is 15.8 Å². The van der Waals surface area contributed by atoms with Gasteiger partial charge >= 0.3 is 0 Å². The molecule has 0 fully saturated rings. The molecule has 0 saturated heterocycles. The lowest BCUT2D eigenvalue weighted by Gasteiger charge is -2.09. The minimum atomic E-state index is 0.644. The molecule has 18 heavy (non-hydrogen) atoms. The number of hydrogen-bond acceptors (Lipinski definition) is 5. The highest BCUT2D eigenvalue weighted by atomic mass is 16.5. The predicted octanol–water partition coefficient (Wildman–Crippen LogP) is 1.37. The third-order valence-electron chi connectivity index (χ3n) is 2.60. The van der Waals surface area contributed by atoms with Gasteiger partial charge in [-0.15, -0.1) is 5.10 Å². The van der Waals surface area contributed by atoms with E-state index in [-0.39, 0.29) is 0 Å². The average Bonchev–Trinajstić information content (AvgIpc) is 2.89. The van der Waals surface area contributed by atoms with Gasteiger partial charge in [0.15, 0.2) is 0 Å². The van der Waals surface area contributed by atoms with E-state index >= 15 is 0 Å². The zero-order chi connectivity index (χ0) is 12.8. The molecule has 0 aliphatic carbocycles. The van der Waals surface area contributed by atoms with Crippen LogP contribution in [-0.4, -0.2) is 28.6 Å². The second-order valence-corrected chi connectivity index (χ2v) is 3.90. The minimum Gasteiger partial charge on any atom is -0.495 e. The molecule has 1 aromatic heterocycles. The molecule has 0 spiro atoms. The van der Waals surface area contributed by atoms with E-state index in [2.05, 4.69) is 15.6 Å². The number of nitrogen functional groups attached to an aromatic ring is 1. The van der Waals surface area contributed by atoms with Crippen molar-refractivity contribution in [2.75, 3.05) is 24.7 Å². The summed E-state index contributed by atoms with van der Waals surface area (Å²) in [6.07, 6.45) is 4.50. The molecule has 6 heteroatoms. The summed E-state index contributed by atoms with van der Waals surface area (Å²) in [6, 6.07) is 5.66. The number of benzene rings is 1. The molecule has 1 heterocycles. The summed E-state index contributed by atoms with van der Waals surface area (Å²) < 4.78 is 6.97. The van der Waals surface area contributed by atoms with Crippen molar-refractivity contribution in [1.29, 1.82) is 0 Å². The van der Waals surface area contributed by atoms with Crippen LogP contribution in [0, 0.1) is 0 Å². The van der Waals surface area contributed by atoms with Crippen molar-refractivity contribution in [3.05, 3.63) is 30.6 Å². The van der Waals surface area contributed by atoms with E-state index in [4.69, 9.17) is 10.5 Å². The van der Waals surface area contributed by atoms with Crippen molar-refractivity contribution >= 4 is 11.4 Å². The molecule has 0 radical (unpaired) electrons. The highest BCUT2D eigenvalue weighted by Gasteiger charge is 2.00. The second-order valence-electron chi connectivity index (χ2n) is 3.90. The van der Waals surface area contributed by atoms with Gasteiger partial charge in [0, 0.05) is 31.0 Å². The van der Waals surface area contributed by atoms with Gasteiger partial charge in [0.05, 0.1) is 19.0 Å². The second kappa shape index (κ2) is 5.90. The summed E-state index contributed by atoms with van der Waals surface area (Å²) >= 11 is 0. The van der Waals surface area contributed by atoms with E-state index in [0.717, 1.165) is 25.2 Å². The molecule has 0 aliphatic heterocycles. The first-order chi connectivity index (χ1) is 8.79. The van der Waals surface area contributed by atoms with Crippen LogP contribution in [0.2, 0.25) is 0 Å². The third-order valence-corrected chi connectivity index (χ3v) is 2.60. The number of ether oxygens (including phenoxy) is 1. The highest BCUT2D eigenvalue weighted by molar-refractivity contribution is 5.61. The summed E-state index contributed by atoms with van der Waals surface area (Å²) in [5, 5.41) is 11.0. The van der Waals surface area contributed by atoms with Crippen molar-refractivity contribution < 1.29 is 4.74 Å². The van der Waals surface area contributed by atoms with Crippen LogP contribution in [-0.2, 0) is 6.54 Å². The number of anilines is 2. The fraction of sp³-hybridized carbons (Fsp3) is 0.333. The van der Waals surface area contributed by atoms with Gasteiger partial charge in [0.2, 0.25) is 0 Å². The molecule has 3 N–H and O–H groups in total. The predicted molar refractivity (Wildman–Crippen MR) is 70.5 cm³/mol. The fourth-order valence-corrected chi connectivity index (χ4v) is 1.65. The van der Waals surface area contributed by atoms with E-state index in [0.29, 0.717) is 11.4 Å². The first-order valence-corrected chi connectivity index (χ1v) is 5.81. The van der Waals surface area contributed by atoms with Gasteiger partial charge in [-0.05, 0) is 18.6 Å². The van der Waals surface area contributed by atoms with E-state index in [9.17, 15) is 0 Å². The Morgan fingerprint density at radius 2 is 2.33 bits per heavy atom. The quantitative estimate of drug-likeness (QED) is 0.595. The van der Waals surface area contributed by atoms with E-state index in [1.54, 1.807) is 13.3 Å². The molecule has 2 aromatic rings. The van der Waals surface area contributed by atoms with Gasteiger partial charge in [-0.25, -0.2) is 0 Å². The third kappa shape index (κ3) is 3.13. The van der Waals surface area contributed by atoms with E-state index < -0.39 is 0 Å². The summed E-state index contributed by atoms with van der Waals surface area (Å²) in [6.45, 7) is 1.70. The highest BCUT2D eigenvalue weighted by Crippen LogP contribution is 2.24. The fourth-order valence-electron chi connectivity index (χ4n) is 1.65. The maximum atomic E-state index is 5.75. The number of rotatable bonds is 6. The van der Waals surface area contributed by atoms with Crippen LogP contribution in [0.1, 0.15) is 6.42 Å². The Hall–Kier alpha value is -2.24. The molecule has 2 rings (SSSR count). The topological polar surface area (TPSA) is 78.0 Å². The van der Waals surface area contributed by atoms with Crippen molar-refractivity contribution in [3.63, 3.8) is 0 Å². The van der Waals surface area contributed by atoms with Crippen LogP contribution in [0.5, 0.6) is 5.75 Å². The molecule has 96 valence electrons. The zero-order valence-corrected chi connectivity index (χ0v) is 10.3. The average molecular weight is 247 g/mol. The molecule has 1 aromatic carbocycles. The number of nitrogens with zero attached hydrogens (tertiary/aromatic N) is 3. The number of hydrogen-bond donors (Lipinski definition) is 2. The lowest BCUT2D eigenvalue weighted by atomic mass is 10.2. The molecule has 0 saturated carbocycles. The molecule has 0 unspecified atom stereocenters. The molecular formula is C12H17N5O. The monoisotopic (exact) mass is 247 g/mol. The molecule has 0 atom stereocenters. The van der Waals surface area contributed by atoms with Gasteiger partial charge in [-0.3, -0.25) is 4.68 Å². The van der Waals surface area contributed by atoms with Gasteiger partial charge in [-0.2, -0.15) is 0 Å².